The van der Waals surface area contributed by atoms with E-state index < -0.39 is 10.8 Å². The summed E-state index contributed by atoms with van der Waals surface area (Å²) in [7, 11) is 0. The lowest BCUT2D eigenvalue weighted by Gasteiger charge is -2.69. The molecule has 6 rings (SSSR count). The number of piperidine rings is 1. The molecular formula is C36H50N2O3. The van der Waals surface area contributed by atoms with Crippen LogP contribution >= 0.6 is 0 Å². The summed E-state index contributed by atoms with van der Waals surface area (Å²) in [5.41, 5.74) is -0.846. The number of nitrogens with zero attached hydrogens (tertiary/aromatic N) is 2. The molecule has 222 valence electrons. The fraction of sp³-hybridized carbons (Fsp3) is 0.778. The van der Waals surface area contributed by atoms with Gasteiger partial charge in [0.25, 0.3) is 0 Å². The summed E-state index contributed by atoms with van der Waals surface area (Å²) in [4.78, 5) is 44.8. The number of fused-ring (bicyclic) bond motifs is 7. The molecule has 1 saturated heterocycles. The first-order valence-electron chi connectivity index (χ1n) is 16.4. The van der Waals surface area contributed by atoms with E-state index in [1.807, 2.05) is 17.1 Å². The number of ketones is 2. The van der Waals surface area contributed by atoms with Crippen LogP contribution in [-0.2, 0) is 14.4 Å². The van der Waals surface area contributed by atoms with E-state index in [0.29, 0.717) is 37.3 Å². The van der Waals surface area contributed by atoms with Gasteiger partial charge >= 0.3 is 0 Å². The molecule has 0 radical (unpaired) electrons. The highest BCUT2D eigenvalue weighted by Gasteiger charge is 2.72. The predicted octanol–water partition coefficient (Wildman–Crippen LogP) is 7.07. The van der Waals surface area contributed by atoms with Crippen molar-refractivity contribution in [2.75, 3.05) is 13.1 Å². The summed E-state index contributed by atoms with van der Waals surface area (Å²) in [5, 5.41) is 10.2. The van der Waals surface area contributed by atoms with Gasteiger partial charge in [0.05, 0.1) is 5.57 Å². The van der Waals surface area contributed by atoms with E-state index >= 15 is 0 Å². The Morgan fingerprint density at radius 3 is 2.29 bits per heavy atom. The van der Waals surface area contributed by atoms with Gasteiger partial charge < -0.3 is 4.90 Å². The second kappa shape index (κ2) is 9.14. The first kappa shape index (κ1) is 28.9. The Bertz CT molecular complexity index is 1300. The Morgan fingerprint density at radius 1 is 0.951 bits per heavy atom. The van der Waals surface area contributed by atoms with E-state index in [-0.39, 0.29) is 51.1 Å². The van der Waals surface area contributed by atoms with Crippen molar-refractivity contribution in [3.63, 3.8) is 0 Å². The van der Waals surface area contributed by atoms with E-state index in [2.05, 4.69) is 47.6 Å². The van der Waals surface area contributed by atoms with Gasteiger partial charge in [-0.2, -0.15) is 5.26 Å². The van der Waals surface area contributed by atoms with Crippen molar-refractivity contribution in [2.24, 2.45) is 56.7 Å². The topological polar surface area (TPSA) is 78.2 Å². The molecule has 0 spiro atoms. The van der Waals surface area contributed by atoms with Gasteiger partial charge in [0.15, 0.2) is 11.6 Å². The third-order valence-corrected chi connectivity index (χ3v) is 14.4. The molecule has 0 N–H and O–H groups in total. The van der Waals surface area contributed by atoms with Crippen LogP contribution in [0, 0.1) is 68.0 Å². The van der Waals surface area contributed by atoms with Gasteiger partial charge in [0.1, 0.15) is 11.5 Å². The third kappa shape index (κ3) is 3.55. The molecule has 5 nitrogen and oxygen atoms in total. The number of allylic oxidation sites excluding steroid dienone is 4. The number of rotatable bonds is 1. The fourth-order valence-electron chi connectivity index (χ4n) is 11.7. The number of hydrogen-bond donors (Lipinski definition) is 0. The smallest absolute Gasteiger partial charge is 0.236 e. The largest absolute Gasteiger partial charge is 0.342 e. The van der Waals surface area contributed by atoms with E-state index in [4.69, 9.17) is 0 Å². The van der Waals surface area contributed by atoms with Crippen molar-refractivity contribution in [2.45, 2.75) is 106 Å². The van der Waals surface area contributed by atoms with Gasteiger partial charge in [0, 0.05) is 24.4 Å². The molecule has 41 heavy (non-hydrogen) atoms. The second-order valence-corrected chi connectivity index (χ2v) is 16.2. The van der Waals surface area contributed by atoms with Crippen LogP contribution in [0.4, 0.5) is 0 Å². The third-order valence-electron chi connectivity index (χ3n) is 14.4. The zero-order valence-corrected chi connectivity index (χ0v) is 26.4. The second-order valence-electron chi connectivity index (χ2n) is 16.2. The van der Waals surface area contributed by atoms with Gasteiger partial charge in [-0.1, -0.05) is 53.2 Å². The van der Waals surface area contributed by atoms with E-state index in [0.717, 1.165) is 32.1 Å². The molecule has 10 atom stereocenters. The van der Waals surface area contributed by atoms with Crippen molar-refractivity contribution in [1.82, 2.24) is 4.90 Å². The average molecular weight is 559 g/mol. The Labute approximate surface area is 247 Å². The molecule has 0 aromatic rings. The monoisotopic (exact) mass is 558 g/mol. The van der Waals surface area contributed by atoms with Gasteiger partial charge in [-0.05, 0) is 111 Å². The fourth-order valence-corrected chi connectivity index (χ4v) is 11.7. The van der Waals surface area contributed by atoms with Gasteiger partial charge in [-0.3, -0.25) is 14.4 Å². The number of Topliss-reactive ketones (excluding diaryl/α,β-unsaturated/α-hetero) is 1. The minimum Gasteiger partial charge on any atom is -0.342 e. The summed E-state index contributed by atoms with van der Waals surface area (Å²) in [6.45, 7) is 17.2. The molecule has 0 unspecified atom stereocenters. The van der Waals surface area contributed by atoms with Crippen LogP contribution in [0.3, 0.4) is 0 Å². The van der Waals surface area contributed by atoms with Crippen LogP contribution in [0.1, 0.15) is 106 Å². The minimum absolute atomic E-state index is 0.0690. The first-order valence-corrected chi connectivity index (χ1v) is 16.4. The first-order chi connectivity index (χ1) is 19.2. The summed E-state index contributed by atoms with van der Waals surface area (Å²) in [6, 6.07) is 2.18. The maximum absolute atomic E-state index is 14.6. The molecular weight excluding hydrogens is 508 g/mol. The number of hydrogen-bond acceptors (Lipinski definition) is 4. The van der Waals surface area contributed by atoms with Crippen molar-refractivity contribution in [3.05, 3.63) is 23.3 Å². The highest BCUT2D eigenvalue weighted by atomic mass is 16.2. The van der Waals surface area contributed by atoms with Crippen LogP contribution in [0.25, 0.3) is 0 Å². The van der Waals surface area contributed by atoms with Crippen LogP contribution in [0.15, 0.2) is 23.3 Å². The van der Waals surface area contributed by atoms with Gasteiger partial charge in [-0.25, -0.2) is 0 Å². The summed E-state index contributed by atoms with van der Waals surface area (Å²) < 4.78 is 0. The SMILES string of the molecule is C[C@H]1[C@H](C)CC[C@]2(C)CC[C@]3(C)C(=CC(=O)[C@@H]4[C@@]5(C)C=C(C#N)C(=O)[C@](C)(C(=O)N6CCCCC6)[C@@H]5CC[C@]43C)[C@H]12. The molecule has 0 aromatic heterocycles. The van der Waals surface area contributed by atoms with Gasteiger partial charge in [-0.15, -0.1) is 0 Å². The number of amides is 1. The van der Waals surface area contributed by atoms with E-state index in [1.165, 1.54) is 24.8 Å². The lowest BCUT2D eigenvalue weighted by molar-refractivity contribution is -0.180. The lowest BCUT2D eigenvalue weighted by Crippen LogP contribution is -2.68. The van der Waals surface area contributed by atoms with Crippen molar-refractivity contribution in [3.8, 4) is 6.07 Å². The molecule has 5 heteroatoms. The van der Waals surface area contributed by atoms with Crippen molar-refractivity contribution < 1.29 is 14.4 Å². The molecule has 1 heterocycles. The van der Waals surface area contributed by atoms with Crippen LogP contribution in [0.2, 0.25) is 0 Å². The summed E-state index contributed by atoms with van der Waals surface area (Å²) in [5.74, 6) is 0.571. The highest BCUT2D eigenvalue weighted by Crippen LogP contribution is 2.74. The standard InChI is InChI=1S/C36H50N2O3/c1-22-11-13-32(3)15-16-34(5)25(28(32)23(22)2)19-26(39)29-33(4)20-24(21-37)30(40)36(7,27(33)12-14-35(29,34)6)31(41)38-17-9-8-10-18-38/h19-20,22-23,27-29H,8-18H2,1-7H3/t22-,23+,27-,28+,29-,32-,33+,34-,35-,36-/m1/s1. The lowest BCUT2D eigenvalue weighted by atomic mass is 9.33. The maximum atomic E-state index is 14.6. The van der Waals surface area contributed by atoms with Crippen molar-refractivity contribution in [1.29, 1.82) is 5.26 Å². The molecule has 1 aliphatic heterocycles. The Kier molecular flexibility index (Phi) is 6.44. The van der Waals surface area contributed by atoms with E-state index in [1.54, 1.807) is 6.92 Å². The van der Waals surface area contributed by atoms with Gasteiger partial charge in [0.2, 0.25) is 5.91 Å². The molecule has 4 fully saturated rings. The van der Waals surface area contributed by atoms with E-state index in [9.17, 15) is 19.6 Å². The Morgan fingerprint density at radius 2 is 1.63 bits per heavy atom. The van der Waals surface area contributed by atoms with Crippen molar-refractivity contribution >= 4 is 17.5 Å². The molecule has 0 aromatic carbocycles. The Hall–Kier alpha value is -2.22. The molecule has 3 saturated carbocycles. The van der Waals surface area contributed by atoms with Crippen LogP contribution in [0.5, 0.6) is 0 Å². The highest BCUT2D eigenvalue weighted by molar-refractivity contribution is 6.16. The maximum Gasteiger partial charge on any atom is 0.236 e. The zero-order chi connectivity index (χ0) is 29.8. The minimum atomic E-state index is -1.32. The van der Waals surface area contributed by atoms with Crippen LogP contribution in [-0.4, -0.2) is 35.5 Å². The molecule has 0 bridgehead atoms. The number of carbonyl (C=O) groups excluding carboxylic acids is 3. The quantitative estimate of drug-likeness (QED) is 0.322. The summed E-state index contributed by atoms with van der Waals surface area (Å²) >= 11 is 0. The predicted molar refractivity (Wildman–Crippen MR) is 159 cm³/mol. The number of carbonyl (C=O) groups is 3. The summed E-state index contributed by atoms with van der Waals surface area (Å²) in [6.07, 6.45) is 13.1. The zero-order valence-electron chi connectivity index (χ0n) is 26.4. The van der Waals surface area contributed by atoms with Crippen LogP contribution < -0.4 is 0 Å². The molecule has 6 aliphatic rings. The molecule has 5 aliphatic carbocycles. The average Bonchev–Trinajstić information content (AvgIpc) is 2.94. The normalized spacial score (nSPS) is 49.4. The molecule has 1 amide bonds. The number of likely N-dealkylation sites (tertiary alicyclic amines) is 1. The number of nitriles is 1. The Balaban J connectivity index is 1.50.